The zero-order valence-electron chi connectivity index (χ0n) is 11.1. The molecule has 112 valence electrons. The molecular weight excluding hydrogens is 331 g/mol. The van der Waals surface area contributed by atoms with Crippen molar-refractivity contribution in [1.82, 2.24) is 20.5 Å². The molecule has 0 aliphatic carbocycles. The van der Waals surface area contributed by atoms with E-state index in [4.69, 9.17) is 23.2 Å². The summed E-state index contributed by atoms with van der Waals surface area (Å²) in [6.07, 6.45) is 3.04. The van der Waals surface area contributed by atoms with Crippen LogP contribution in [-0.2, 0) is 11.2 Å². The Balaban J connectivity index is 1.66. The molecule has 2 rings (SSSR count). The van der Waals surface area contributed by atoms with Crippen molar-refractivity contribution in [2.24, 2.45) is 0 Å². The molecule has 5 nitrogen and oxygen atoms in total. The van der Waals surface area contributed by atoms with Gasteiger partial charge in [0.25, 0.3) is 0 Å². The lowest BCUT2D eigenvalue weighted by molar-refractivity contribution is -0.118. The second-order valence-electron chi connectivity index (χ2n) is 4.25. The maximum Gasteiger partial charge on any atom is 0.230 e. The van der Waals surface area contributed by atoms with Gasteiger partial charge in [-0.1, -0.05) is 23.2 Å². The van der Waals surface area contributed by atoms with Crippen molar-refractivity contribution in [3.05, 3.63) is 40.4 Å². The van der Waals surface area contributed by atoms with Crippen molar-refractivity contribution in [3.63, 3.8) is 0 Å². The average molecular weight is 345 g/mol. The van der Waals surface area contributed by atoms with Gasteiger partial charge in [0.2, 0.25) is 5.91 Å². The number of aryl methyl sites for hydroxylation is 1. The summed E-state index contributed by atoms with van der Waals surface area (Å²) < 4.78 is 0. The summed E-state index contributed by atoms with van der Waals surface area (Å²) in [6, 6.07) is 5.20. The number of aromatic amines is 1. The quantitative estimate of drug-likeness (QED) is 0.598. The van der Waals surface area contributed by atoms with Gasteiger partial charge in [0.15, 0.2) is 0 Å². The first-order chi connectivity index (χ1) is 10.1. The number of nitrogens with one attached hydrogen (secondary N) is 2. The smallest absolute Gasteiger partial charge is 0.230 e. The normalized spacial score (nSPS) is 10.6. The summed E-state index contributed by atoms with van der Waals surface area (Å²) in [4.78, 5) is 16.6. The fourth-order valence-electron chi connectivity index (χ4n) is 1.62. The number of rotatable bonds is 7. The fourth-order valence-corrected chi connectivity index (χ4v) is 2.94. The Morgan fingerprint density at radius 3 is 3.00 bits per heavy atom. The first kappa shape index (κ1) is 16.1. The molecule has 1 amide bonds. The van der Waals surface area contributed by atoms with Crippen LogP contribution in [0.1, 0.15) is 12.2 Å². The number of hydrogen-bond acceptors (Lipinski definition) is 4. The Hall–Kier alpha value is -1.24. The molecule has 0 aliphatic rings. The van der Waals surface area contributed by atoms with Gasteiger partial charge in [0.1, 0.15) is 12.2 Å². The third-order valence-corrected chi connectivity index (χ3v) is 4.36. The average Bonchev–Trinajstić information content (AvgIpc) is 2.98. The van der Waals surface area contributed by atoms with Gasteiger partial charge in [0.05, 0.1) is 10.8 Å². The van der Waals surface area contributed by atoms with Crippen LogP contribution in [0.25, 0.3) is 0 Å². The van der Waals surface area contributed by atoms with Crippen molar-refractivity contribution < 1.29 is 4.79 Å². The molecule has 0 spiro atoms. The Morgan fingerprint density at radius 1 is 1.38 bits per heavy atom. The van der Waals surface area contributed by atoms with E-state index < -0.39 is 0 Å². The minimum absolute atomic E-state index is 0.0337. The molecule has 2 N–H and O–H groups in total. The second kappa shape index (κ2) is 8.26. The van der Waals surface area contributed by atoms with Crippen LogP contribution in [-0.4, -0.2) is 33.4 Å². The Kier molecular flexibility index (Phi) is 6.35. The molecule has 1 heterocycles. The van der Waals surface area contributed by atoms with Gasteiger partial charge >= 0.3 is 0 Å². The maximum absolute atomic E-state index is 11.7. The number of H-pyrrole nitrogens is 1. The highest BCUT2D eigenvalue weighted by molar-refractivity contribution is 8.00. The highest BCUT2D eigenvalue weighted by Crippen LogP contribution is 2.29. The van der Waals surface area contributed by atoms with E-state index in [9.17, 15) is 4.79 Å². The van der Waals surface area contributed by atoms with E-state index in [-0.39, 0.29) is 5.91 Å². The topological polar surface area (TPSA) is 70.7 Å². The van der Waals surface area contributed by atoms with Crippen LogP contribution < -0.4 is 5.32 Å². The highest BCUT2D eigenvalue weighted by atomic mass is 35.5. The Bertz CT molecular complexity index is 592. The molecular formula is C13H14Cl2N4OS. The van der Waals surface area contributed by atoms with Crippen molar-refractivity contribution in [2.45, 2.75) is 17.7 Å². The van der Waals surface area contributed by atoms with Crippen molar-refractivity contribution in [1.29, 1.82) is 0 Å². The second-order valence-corrected chi connectivity index (χ2v) is 6.11. The number of amides is 1. The van der Waals surface area contributed by atoms with E-state index in [1.807, 2.05) is 0 Å². The number of nitrogens with zero attached hydrogens (tertiary/aromatic N) is 2. The highest BCUT2D eigenvalue weighted by Gasteiger charge is 2.06. The number of benzene rings is 1. The van der Waals surface area contributed by atoms with Crippen LogP contribution in [0.5, 0.6) is 0 Å². The van der Waals surface area contributed by atoms with Gasteiger partial charge < -0.3 is 5.32 Å². The van der Waals surface area contributed by atoms with Gasteiger partial charge in [-0.15, -0.1) is 11.8 Å². The summed E-state index contributed by atoms with van der Waals surface area (Å²) in [7, 11) is 0. The standard InChI is InChI=1S/C13H14Cl2N4OS/c14-9-3-4-10(15)11(6-9)21-7-13(20)16-5-1-2-12-17-8-18-19-12/h3-4,6,8H,1-2,5,7H2,(H,16,20)(H,17,18,19). The Morgan fingerprint density at radius 2 is 2.24 bits per heavy atom. The van der Waals surface area contributed by atoms with Gasteiger partial charge in [-0.05, 0) is 24.6 Å². The zero-order valence-corrected chi connectivity index (χ0v) is 13.4. The first-order valence-corrected chi connectivity index (χ1v) is 8.08. The van der Waals surface area contributed by atoms with E-state index in [0.29, 0.717) is 22.3 Å². The molecule has 1 aromatic heterocycles. The molecule has 0 aliphatic heterocycles. The molecule has 0 saturated heterocycles. The van der Waals surface area contributed by atoms with Crippen molar-refractivity contribution >= 4 is 40.9 Å². The predicted molar refractivity (Wildman–Crippen MR) is 84.9 cm³/mol. The molecule has 0 saturated carbocycles. The summed E-state index contributed by atoms with van der Waals surface area (Å²) >= 11 is 13.3. The molecule has 2 aromatic rings. The minimum Gasteiger partial charge on any atom is -0.355 e. The summed E-state index contributed by atoms with van der Waals surface area (Å²) in [5, 5.41) is 10.6. The van der Waals surface area contributed by atoms with Gasteiger partial charge in [-0.2, -0.15) is 5.10 Å². The van der Waals surface area contributed by atoms with E-state index >= 15 is 0 Å². The Labute approximate surface area is 136 Å². The molecule has 21 heavy (non-hydrogen) atoms. The number of hydrogen-bond donors (Lipinski definition) is 2. The van der Waals surface area contributed by atoms with Crippen molar-refractivity contribution in [3.8, 4) is 0 Å². The lowest BCUT2D eigenvalue weighted by Gasteiger charge is -2.06. The maximum atomic E-state index is 11.7. The van der Waals surface area contributed by atoms with E-state index in [0.717, 1.165) is 23.6 Å². The van der Waals surface area contributed by atoms with Gasteiger partial charge in [-0.25, -0.2) is 4.98 Å². The van der Waals surface area contributed by atoms with Crippen LogP contribution in [0.4, 0.5) is 0 Å². The summed E-state index contributed by atoms with van der Waals surface area (Å²) in [5.41, 5.74) is 0. The van der Waals surface area contributed by atoms with Crippen LogP contribution in [0.15, 0.2) is 29.4 Å². The molecule has 0 atom stereocenters. The van der Waals surface area contributed by atoms with Crippen LogP contribution in [0.3, 0.4) is 0 Å². The van der Waals surface area contributed by atoms with Crippen LogP contribution in [0, 0.1) is 0 Å². The van der Waals surface area contributed by atoms with E-state index in [1.54, 1.807) is 18.2 Å². The molecule has 0 radical (unpaired) electrons. The number of carbonyl (C=O) groups excluding carboxylic acids is 1. The monoisotopic (exact) mass is 344 g/mol. The predicted octanol–water partition coefficient (Wildman–Crippen LogP) is 2.95. The lowest BCUT2D eigenvalue weighted by Crippen LogP contribution is -2.26. The third-order valence-electron chi connectivity index (χ3n) is 2.63. The molecule has 0 bridgehead atoms. The molecule has 0 unspecified atom stereocenters. The summed E-state index contributed by atoms with van der Waals surface area (Å²) in [6.45, 7) is 0.601. The number of aromatic nitrogens is 3. The minimum atomic E-state index is -0.0337. The van der Waals surface area contributed by atoms with Crippen LogP contribution >= 0.6 is 35.0 Å². The fraction of sp³-hybridized carbons (Fsp3) is 0.308. The zero-order chi connectivity index (χ0) is 15.1. The van der Waals surface area contributed by atoms with E-state index in [1.165, 1.54) is 18.1 Å². The SMILES string of the molecule is O=C(CSc1cc(Cl)ccc1Cl)NCCCc1ncn[nH]1. The third kappa shape index (κ3) is 5.57. The van der Waals surface area contributed by atoms with Crippen molar-refractivity contribution in [2.75, 3.05) is 12.3 Å². The molecule has 8 heteroatoms. The number of thioether (sulfide) groups is 1. The largest absolute Gasteiger partial charge is 0.355 e. The van der Waals surface area contributed by atoms with Gasteiger partial charge in [-0.3, -0.25) is 9.89 Å². The first-order valence-electron chi connectivity index (χ1n) is 6.34. The molecule has 0 fully saturated rings. The van der Waals surface area contributed by atoms with Gasteiger partial charge in [0, 0.05) is 22.9 Å². The lowest BCUT2D eigenvalue weighted by atomic mass is 10.3. The summed E-state index contributed by atoms with van der Waals surface area (Å²) in [5.74, 6) is 1.10. The number of carbonyl (C=O) groups is 1. The molecule has 1 aromatic carbocycles. The van der Waals surface area contributed by atoms with Crippen LogP contribution in [0.2, 0.25) is 10.0 Å². The number of halogens is 2. The van der Waals surface area contributed by atoms with E-state index in [2.05, 4.69) is 20.5 Å².